The summed E-state index contributed by atoms with van der Waals surface area (Å²) in [4.78, 5) is 84.5. The number of Topliss-reactive ketones (excluding diaryl/α,β-unsaturated/α-hetero) is 2. The van der Waals surface area contributed by atoms with E-state index in [-0.39, 0.29) is 55.4 Å². The quantitative estimate of drug-likeness (QED) is 0.0524. The first kappa shape index (κ1) is 63.7. The van der Waals surface area contributed by atoms with Crippen LogP contribution < -0.4 is 27.0 Å². The van der Waals surface area contributed by atoms with Gasteiger partial charge < -0.3 is 36.5 Å². The Balaban J connectivity index is 0. The summed E-state index contributed by atoms with van der Waals surface area (Å²) in [5, 5.41) is 20.9. The topological polar surface area (TPSA) is 217 Å². The molecule has 0 saturated heterocycles. The number of hydrogen-bond donors (Lipinski definition) is 6. The van der Waals surface area contributed by atoms with Crippen molar-refractivity contribution in [2.45, 2.75) is 196 Å². The van der Waals surface area contributed by atoms with Crippen molar-refractivity contribution in [2.75, 3.05) is 33.2 Å². The molecule has 2 saturated carbocycles. The number of nitrogens with two attached hydrogens (primary N) is 1. The standard InChI is InChI=1S/C33H55N5O7.C12H16.C3H8.C2H6.CH5N.CH2O/c1-5-7-8-15-26(31(44)33(17-18-33)35-21-29(42)43)36-24-13-11-12-19-38(22-24)32(45)30(23(3)4)37-28(41)20-34-27(40)16-10-9-14-25(39)6-2;1-2-11-5-3-4-6-12(11)9-10-7-8-10;1-3-2;3*1-2/h13,23,26,30,35-36H,5-12,14-22H2,1-4H3,(H,34,40)(H,37,41)(H,42,43);3-6,10H,2,7-9H2,1H3;3H2,1-2H3;1-2H3;2H2,1H3;1H2. The summed E-state index contributed by atoms with van der Waals surface area (Å²) in [6.45, 7) is 20.4. The lowest BCUT2D eigenvalue weighted by Gasteiger charge is -2.31. The number of carboxylic acid groups (broad SMARTS) is 1. The summed E-state index contributed by atoms with van der Waals surface area (Å²) in [6, 6.07) is 7.57. The van der Waals surface area contributed by atoms with Crippen LogP contribution in [0.2, 0.25) is 0 Å². The fourth-order valence-corrected chi connectivity index (χ4v) is 7.23. The van der Waals surface area contributed by atoms with E-state index >= 15 is 0 Å². The molecule has 2 fully saturated rings. The molecule has 7 N–H and O–H groups in total. The number of allylic oxidation sites excluding steroid dienone is 1. The van der Waals surface area contributed by atoms with Crippen molar-refractivity contribution >= 4 is 42.0 Å². The molecule has 0 radical (unpaired) electrons. The predicted molar refractivity (Wildman–Crippen MR) is 268 cm³/mol. The van der Waals surface area contributed by atoms with E-state index in [1.807, 2.05) is 47.5 Å². The van der Waals surface area contributed by atoms with Crippen LogP contribution in [-0.2, 0) is 46.4 Å². The number of unbranched alkanes of at least 4 members (excludes halogenated alkanes) is 3. The van der Waals surface area contributed by atoms with E-state index in [0.717, 1.165) is 43.7 Å². The second-order valence-corrected chi connectivity index (χ2v) is 17.2. The maximum Gasteiger partial charge on any atom is 0.317 e. The van der Waals surface area contributed by atoms with Crippen LogP contribution in [0.25, 0.3) is 0 Å². The molecule has 4 rings (SSSR count). The zero-order valence-electron chi connectivity index (χ0n) is 42.8. The lowest BCUT2D eigenvalue weighted by atomic mass is 9.97. The number of rotatable bonds is 25. The highest BCUT2D eigenvalue weighted by Crippen LogP contribution is 2.38. The Morgan fingerprint density at radius 1 is 0.864 bits per heavy atom. The number of ketones is 2. The summed E-state index contributed by atoms with van der Waals surface area (Å²) in [5.41, 5.74) is 7.58. The molecule has 0 bridgehead atoms. The number of nitrogens with zero attached hydrogens (tertiary/aromatic N) is 1. The number of aryl methyl sites for hydroxylation is 1. The second-order valence-electron chi connectivity index (χ2n) is 17.2. The zero-order chi connectivity index (χ0) is 50.5. The van der Waals surface area contributed by atoms with Gasteiger partial charge in [0.1, 0.15) is 18.6 Å². The molecular weight excluding hydrogens is 837 g/mol. The Morgan fingerprint density at radius 2 is 1.47 bits per heavy atom. The highest BCUT2D eigenvalue weighted by molar-refractivity contribution is 5.96. The molecule has 2 atom stereocenters. The molecule has 14 nitrogen and oxygen atoms in total. The van der Waals surface area contributed by atoms with E-state index in [9.17, 15) is 28.8 Å². The zero-order valence-corrected chi connectivity index (χ0v) is 42.8. The highest BCUT2D eigenvalue weighted by Gasteiger charge is 2.51. The first-order valence-corrected chi connectivity index (χ1v) is 25.0. The van der Waals surface area contributed by atoms with Crippen LogP contribution in [-0.4, -0.2) is 103 Å². The van der Waals surface area contributed by atoms with Crippen molar-refractivity contribution in [3.8, 4) is 0 Å². The first-order valence-electron chi connectivity index (χ1n) is 25.0. The van der Waals surface area contributed by atoms with Crippen LogP contribution in [0.1, 0.15) is 176 Å². The third-order valence-electron chi connectivity index (χ3n) is 11.2. The van der Waals surface area contributed by atoms with Crippen molar-refractivity contribution in [2.24, 2.45) is 17.6 Å². The maximum absolute atomic E-state index is 13.7. The van der Waals surface area contributed by atoms with Crippen LogP contribution in [0, 0.1) is 11.8 Å². The van der Waals surface area contributed by atoms with Crippen LogP contribution in [0.4, 0.5) is 0 Å². The summed E-state index contributed by atoms with van der Waals surface area (Å²) >= 11 is 0. The average molecular weight is 929 g/mol. The minimum Gasteiger partial charge on any atom is -0.480 e. The van der Waals surface area contributed by atoms with Gasteiger partial charge in [0.15, 0.2) is 5.78 Å². The van der Waals surface area contributed by atoms with Gasteiger partial charge in [-0.3, -0.25) is 34.1 Å². The van der Waals surface area contributed by atoms with Gasteiger partial charge in [-0.15, -0.1) is 0 Å². The summed E-state index contributed by atoms with van der Waals surface area (Å²) < 4.78 is 0. The molecule has 378 valence electrons. The summed E-state index contributed by atoms with van der Waals surface area (Å²) in [5.74, 6) is -1.01. The fraction of sp³-hybridized carbons (Fsp3) is 0.712. The Hall–Kier alpha value is -4.43. The summed E-state index contributed by atoms with van der Waals surface area (Å²) in [7, 11) is 1.50. The van der Waals surface area contributed by atoms with Crippen LogP contribution in [0.5, 0.6) is 0 Å². The maximum atomic E-state index is 13.7. The van der Waals surface area contributed by atoms with Gasteiger partial charge in [0, 0.05) is 31.5 Å². The molecule has 3 aliphatic rings. The fourth-order valence-electron chi connectivity index (χ4n) is 7.23. The number of carbonyl (C=O) groups excluding carboxylic acids is 6. The molecular formula is C52H92N6O8. The van der Waals surface area contributed by atoms with Crippen LogP contribution >= 0.6 is 0 Å². The molecule has 0 spiro atoms. The number of nitrogens with one attached hydrogen (secondary N) is 4. The van der Waals surface area contributed by atoms with E-state index < -0.39 is 29.5 Å². The number of aliphatic carboxylic acids is 1. The highest BCUT2D eigenvalue weighted by atomic mass is 16.4. The molecule has 1 aliphatic heterocycles. The van der Waals surface area contributed by atoms with Gasteiger partial charge in [-0.1, -0.05) is 118 Å². The SMILES string of the molecule is C=O.CC.CCC.CCCCCC(NC1=CCCCN(C(=O)C(NC(=O)CNC(=O)CCCCC(=O)CC)C(C)C)C1)C(=O)C1(NCC(=O)O)CC1.CCc1ccccc1CC1CC1.CN. The van der Waals surface area contributed by atoms with Gasteiger partial charge in [-0.25, -0.2) is 0 Å². The van der Waals surface area contributed by atoms with E-state index in [4.69, 9.17) is 9.90 Å². The number of hydrogen-bond acceptors (Lipinski definition) is 10. The lowest BCUT2D eigenvalue weighted by molar-refractivity contribution is -0.137. The predicted octanol–water partition coefficient (Wildman–Crippen LogP) is 7.64. The molecule has 3 amide bonds. The number of carboxylic acids is 1. The van der Waals surface area contributed by atoms with Gasteiger partial charge in [0.25, 0.3) is 0 Å². The molecule has 14 heteroatoms. The number of benzene rings is 1. The van der Waals surface area contributed by atoms with Gasteiger partial charge in [0.05, 0.1) is 31.2 Å². The van der Waals surface area contributed by atoms with Crippen LogP contribution in [0.15, 0.2) is 36.0 Å². The molecule has 66 heavy (non-hydrogen) atoms. The van der Waals surface area contributed by atoms with Gasteiger partial charge in [-0.2, -0.15) is 0 Å². The number of carbonyl (C=O) groups is 7. The van der Waals surface area contributed by atoms with Gasteiger partial charge in [0.2, 0.25) is 17.7 Å². The molecule has 1 aromatic carbocycles. The minimum atomic E-state index is -1.00. The normalized spacial score (nSPS) is 15.1. The van der Waals surface area contributed by atoms with E-state index in [2.05, 4.69) is 79.0 Å². The van der Waals surface area contributed by atoms with Gasteiger partial charge >= 0.3 is 5.97 Å². The molecule has 1 aromatic rings. The molecule has 2 unspecified atom stereocenters. The van der Waals surface area contributed by atoms with Crippen molar-refractivity contribution in [3.63, 3.8) is 0 Å². The van der Waals surface area contributed by atoms with Gasteiger partial charge in [-0.05, 0) is 101 Å². The third kappa shape index (κ3) is 27.3. The first-order chi connectivity index (χ1) is 31.7. The second kappa shape index (κ2) is 38.7. The largest absolute Gasteiger partial charge is 0.480 e. The van der Waals surface area contributed by atoms with E-state index in [1.165, 1.54) is 39.2 Å². The number of amides is 3. The monoisotopic (exact) mass is 929 g/mol. The average Bonchev–Trinajstić information content (AvgIpc) is 4.27. The van der Waals surface area contributed by atoms with Crippen LogP contribution in [0.3, 0.4) is 0 Å². The molecule has 0 aromatic heterocycles. The smallest absolute Gasteiger partial charge is 0.317 e. The Bertz CT molecular complexity index is 1560. The lowest BCUT2D eigenvalue weighted by Crippen LogP contribution is -2.54. The van der Waals surface area contributed by atoms with Crippen molar-refractivity contribution in [1.29, 1.82) is 0 Å². The van der Waals surface area contributed by atoms with E-state index in [1.54, 1.807) is 16.0 Å². The Kier molecular flexibility index (Phi) is 37.3. The minimum absolute atomic E-state index is 0.0355. The Morgan fingerprint density at radius 3 is 2.00 bits per heavy atom. The molecule has 1 heterocycles. The summed E-state index contributed by atoms with van der Waals surface area (Å²) in [6.07, 6.45) is 17.1. The molecule has 2 aliphatic carbocycles. The van der Waals surface area contributed by atoms with Crippen molar-refractivity contribution in [3.05, 3.63) is 47.2 Å². The Labute approximate surface area is 399 Å². The van der Waals surface area contributed by atoms with E-state index in [0.29, 0.717) is 51.5 Å². The van der Waals surface area contributed by atoms with Crippen molar-refractivity contribution < 1.29 is 38.7 Å². The van der Waals surface area contributed by atoms with Crippen molar-refractivity contribution in [1.82, 2.24) is 26.2 Å². The third-order valence-corrected chi connectivity index (χ3v) is 11.2.